The molecule has 8 heteroatoms. The molecule has 6 nitrogen and oxygen atoms in total. The summed E-state index contributed by atoms with van der Waals surface area (Å²) in [5.41, 5.74) is 2.88. The third-order valence-corrected chi connectivity index (χ3v) is 3.96. The topological polar surface area (TPSA) is 71.0 Å². The number of nitrogens with zero attached hydrogens (tertiary/aromatic N) is 2. The van der Waals surface area contributed by atoms with Gasteiger partial charge in [0, 0.05) is 22.8 Å². The van der Waals surface area contributed by atoms with Gasteiger partial charge in [0.05, 0.1) is 11.4 Å². The Morgan fingerprint density at radius 1 is 1.19 bits per heavy atom. The molecule has 0 unspecified atom stereocenters. The predicted molar refractivity (Wildman–Crippen MR) is 105 cm³/mol. The second-order valence-electron chi connectivity index (χ2n) is 6.41. The fourth-order valence-electron chi connectivity index (χ4n) is 2.45. The largest absolute Gasteiger partial charge is 0.482 e. The van der Waals surface area contributed by atoms with Crippen molar-refractivity contribution in [1.29, 1.82) is 0 Å². The summed E-state index contributed by atoms with van der Waals surface area (Å²) < 4.78 is 5.32. The van der Waals surface area contributed by atoms with Gasteiger partial charge in [-0.1, -0.05) is 23.2 Å². The van der Waals surface area contributed by atoms with E-state index in [1.165, 1.54) is 6.07 Å². The zero-order valence-corrected chi connectivity index (χ0v) is 17.2. The van der Waals surface area contributed by atoms with Crippen LogP contribution in [0.3, 0.4) is 0 Å². The number of ether oxygens (including phenoxy) is 1. The molecule has 144 valence electrons. The Morgan fingerprint density at radius 2 is 1.81 bits per heavy atom. The number of nitrogens with one attached hydrogen (secondary N) is 1. The van der Waals surface area contributed by atoms with Crippen molar-refractivity contribution in [3.8, 4) is 5.75 Å². The van der Waals surface area contributed by atoms with Crippen molar-refractivity contribution in [1.82, 2.24) is 10.3 Å². The highest BCUT2D eigenvalue weighted by atomic mass is 35.5. The average molecular weight is 402 g/mol. The Labute approximate surface area is 164 Å². The third-order valence-electron chi connectivity index (χ3n) is 3.43. The molecule has 0 radical (unpaired) electrons. The minimum Gasteiger partial charge on any atom is -0.482 e. The Bertz CT molecular complexity index is 668. The second kappa shape index (κ2) is 10.4. The van der Waals surface area contributed by atoms with E-state index in [1.54, 1.807) is 24.0 Å². The van der Waals surface area contributed by atoms with Crippen LogP contribution in [-0.4, -0.2) is 41.1 Å². The maximum absolute atomic E-state index is 12.3. The van der Waals surface area contributed by atoms with Crippen LogP contribution in [0.15, 0.2) is 23.3 Å². The highest BCUT2D eigenvalue weighted by Gasteiger charge is 2.20. The molecule has 0 spiro atoms. The Kier molecular flexibility index (Phi) is 8.88. The van der Waals surface area contributed by atoms with Gasteiger partial charge in [-0.3, -0.25) is 9.59 Å². The Morgan fingerprint density at radius 3 is 2.35 bits per heavy atom. The van der Waals surface area contributed by atoms with Crippen LogP contribution >= 0.6 is 23.2 Å². The van der Waals surface area contributed by atoms with Crippen LogP contribution in [0.25, 0.3) is 0 Å². The van der Waals surface area contributed by atoms with Gasteiger partial charge in [-0.2, -0.15) is 5.10 Å². The van der Waals surface area contributed by atoms with Crippen LogP contribution in [-0.2, 0) is 9.59 Å². The van der Waals surface area contributed by atoms with E-state index in [2.05, 4.69) is 10.5 Å². The zero-order valence-electron chi connectivity index (χ0n) is 15.7. The molecule has 0 bridgehead atoms. The van der Waals surface area contributed by atoms with E-state index in [-0.39, 0.29) is 31.0 Å². The number of rotatable bonds is 8. The zero-order chi connectivity index (χ0) is 19.9. The highest BCUT2D eigenvalue weighted by molar-refractivity contribution is 6.35. The van der Waals surface area contributed by atoms with Crippen molar-refractivity contribution in [2.45, 2.75) is 53.1 Å². The van der Waals surface area contributed by atoms with Crippen molar-refractivity contribution in [2.75, 3.05) is 6.61 Å². The van der Waals surface area contributed by atoms with E-state index in [9.17, 15) is 9.59 Å². The van der Waals surface area contributed by atoms with Crippen molar-refractivity contribution >= 4 is 40.7 Å². The summed E-state index contributed by atoms with van der Waals surface area (Å²) in [4.78, 5) is 26.0. The molecule has 1 rings (SSSR count). The van der Waals surface area contributed by atoms with Crippen LogP contribution in [0.4, 0.5) is 0 Å². The van der Waals surface area contributed by atoms with Crippen molar-refractivity contribution in [2.24, 2.45) is 5.10 Å². The first-order valence-corrected chi connectivity index (χ1v) is 9.08. The number of benzene rings is 1. The van der Waals surface area contributed by atoms with E-state index < -0.39 is 5.91 Å². The fourth-order valence-corrected chi connectivity index (χ4v) is 2.91. The molecular weight excluding hydrogens is 377 g/mol. The van der Waals surface area contributed by atoms with Crippen LogP contribution < -0.4 is 10.2 Å². The van der Waals surface area contributed by atoms with Gasteiger partial charge < -0.3 is 9.64 Å². The number of amides is 2. The number of halogens is 2. The molecule has 0 aliphatic rings. The van der Waals surface area contributed by atoms with Crippen molar-refractivity contribution in [3.63, 3.8) is 0 Å². The lowest BCUT2D eigenvalue weighted by atomic mass is 10.2. The lowest BCUT2D eigenvalue weighted by molar-refractivity contribution is -0.133. The fraction of sp³-hybridized carbons (Fsp3) is 0.500. The van der Waals surface area contributed by atoms with Gasteiger partial charge in [-0.05, 0) is 52.8 Å². The number of carbonyl (C=O) groups excluding carboxylic acids is 2. The third kappa shape index (κ3) is 7.22. The van der Waals surface area contributed by atoms with E-state index in [4.69, 9.17) is 27.9 Å². The molecule has 1 N–H and O–H groups in total. The Balaban J connectivity index is 2.52. The SMILES string of the molecule is CC(CC(=O)N(C(C)C)C(C)C)=NNC(=O)COc1ccc(Cl)cc1Cl. The number of hydrazone groups is 1. The predicted octanol–water partition coefficient (Wildman–Crippen LogP) is 3.90. The minimum absolute atomic E-state index is 0.0327. The van der Waals surface area contributed by atoms with Gasteiger partial charge in [-0.25, -0.2) is 5.43 Å². The molecule has 0 aromatic heterocycles. The summed E-state index contributed by atoms with van der Waals surface area (Å²) in [6, 6.07) is 4.92. The number of hydrogen-bond donors (Lipinski definition) is 1. The second-order valence-corrected chi connectivity index (χ2v) is 7.25. The molecule has 26 heavy (non-hydrogen) atoms. The van der Waals surface area contributed by atoms with Gasteiger partial charge in [0.25, 0.3) is 5.91 Å². The molecular formula is C18H25Cl2N3O3. The van der Waals surface area contributed by atoms with Crippen LogP contribution in [0.1, 0.15) is 41.0 Å². The van der Waals surface area contributed by atoms with E-state index >= 15 is 0 Å². The quantitative estimate of drug-likeness (QED) is 0.530. The first kappa shape index (κ1) is 22.3. The maximum Gasteiger partial charge on any atom is 0.277 e. The minimum atomic E-state index is -0.451. The van der Waals surface area contributed by atoms with Gasteiger partial charge in [0.2, 0.25) is 5.91 Å². The lowest BCUT2D eigenvalue weighted by Gasteiger charge is -2.30. The van der Waals surface area contributed by atoms with Crippen molar-refractivity contribution in [3.05, 3.63) is 28.2 Å². The summed E-state index contributed by atoms with van der Waals surface area (Å²) >= 11 is 11.8. The first-order valence-electron chi connectivity index (χ1n) is 8.32. The van der Waals surface area contributed by atoms with Crippen LogP contribution in [0.2, 0.25) is 10.0 Å². The Hall–Kier alpha value is -1.79. The monoisotopic (exact) mass is 401 g/mol. The maximum atomic E-state index is 12.3. The molecule has 0 atom stereocenters. The van der Waals surface area contributed by atoms with Gasteiger partial charge in [0.15, 0.2) is 6.61 Å². The summed E-state index contributed by atoms with van der Waals surface area (Å²) in [5.74, 6) is -0.131. The summed E-state index contributed by atoms with van der Waals surface area (Å²) in [7, 11) is 0. The molecule has 0 aliphatic heterocycles. The van der Waals surface area contributed by atoms with Gasteiger partial charge in [0.1, 0.15) is 5.75 Å². The van der Waals surface area contributed by atoms with E-state index in [0.717, 1.165) is 0 Å². The molecule has 0 saturated heterocycles. The molecule has 0 heterocycles. The van der Waals surface area contributed by atoms with Crippen LogP contribution in [0, 0.1) is 0 Å². The molecule has 0 saturated carbocycles. The summed E-state index contributed by atoms with van der Waals surface area (Å²) in [6.45, 7) is 9.29. The number of hydrogen-bond acceptors (Lipinski definition) is 4. The molecule has 2 amide bonds. The smallest absolute Gasteiger partial charge is 0.277 e. The van der Waals surface area contributed by atoms with Gasteiger partial charge in [-0.15, -0.1) is 0 Å². The normalized spacial score (nSPS) is 11.7. The molecule has 1 aromatic carbocycles. The summed E-state index contributed by atoms with van der Waals surface area (Å²) in [6.07, 6.45) is 0.139. The molecule has 0 fully saturated rings. The summed E-state index contributed by atoms with van der Waals surface area (Å²) in [5, 5.41) is 4.75. The van der Waals surface area contributed by atoms with Crippen molar-refractivity contribution < 1.29 is 14.3 Å². The highest BCUT2D eigenvalue weighted by Crippen LogP contribution is 2.27. The van der Waals surface area contributed by atoms with E-state index in [0.29, 0.717) is 21.5 Å². The van der Waals surface area contributed by atoms with E-state index in [1.807, 2.05) is 27.7 Å². The molecule has 0 aliphatic carbocycles. The molecule has 1 aromatic rings. The number of carbonyl (C=O) groups is 2. The van der Waals surface area contributed by atoms with Gasteiger partial charge >= 0.3 is 0 Å². The first-order chi connectivity index (χ1) is 12.1. The van der Waals surface area contributed by atoms with Crippen LogP contribution in [0.5, 0.6) is 5.75 Å². The standard InChI is InChI=1S/C18H25Cl2N3O3/c1-11(2)23(12(3)4)18(25)8-13(5)21-22-17(24)10-26-16-7-6-14(19)9-15(16)20/h6-7,9,11-12H,8,10H2,1-5H3,(H,22,24). The average Bonchev–Trinajstić information content (AvgIpc) is 2.51. The lowest BCUT2D eigenvalue weighted by Crippen LogP contribution is -2.42.